The van der Waals surface area contributed by atoms with Crippen LogP contribution in [0.3, 0.4) is 0 Å². The first kappa shape index (κ1) is 34.0. The van der Waals surface area contributed by atoms with Crippen LogP contribution in [-0.4, -0.2) is 73.6 Å². The van der Waals surface area contributed by atoms with E-state index in [4.69, 9.17) is 25.8 Å². The topological polar surface area (TPSA) is 103 Å². The first-order valence-electron chi connectivity index (χ1n) is 15.1. The van der Waals surface area contributed by atoms with Crippen molar-refractivity contribution >= 4 is 40.7 Å². The Balaban J connectivity index is 1.73. The number of anilines is 1. The molecule has 240 valence electrons. The van der Waals surface area contributed by atoms with E-state index in [-0.39, 0.29) is 18.4 Å². The summed E-state index contributed by atoms with van der Waals surface area (Å²) in [4.78, 5) is 29.7. The number of hydrogen-bond donors (Lipinski definition) is 1. The van der Waals surface area contributed by atoms with E-state index in [1.165, 1.54) is 16.0 Å². The van der Waals surface area contributed by atoms with Gasteiger partial charge in [0.1, 0.15) is 28.8 Å². The lowest BCUT2D eigenvalue weighted by Crippen LogP contribution is -2.46. The fourth-order valence-corrected chi connectivity index (χ4v) is 6.45. The number of nitrogens with one attached hydrogen (secondary N) is 1. The standard InChI is InChI=1S/C33H44ClN3O6S/c1-7-9-23-18-25(34)11-13-27(23)24-20-37-16-15-22(2)29(43-32(39)36(5)6)10-8-17-42-33(3,4)31(38)35-44(40)26-12-14-30(41-21-24)28(37)19-26/h8,10-14,18-19,22,24,29H,7,9,15-17,20-21H2,1-6H3,(H,35,38)/b10-8+. The van der Waals surface area contributed by atoms with E-state index in [9.17, 15) is 14.1 Å². The number of benzene rings is 2. The molecule has 2 aromatic carbocycles. The average molecular weight is 646 g/mol. The maximum atomic E-state index is 13.4. The zero-order valence-corrected chi connectivity index (χ0v) is 28.0. The third kappa shape index (κ3) is 8.41. The van der Waals surface area contributed by atoms with Gasteiger partial charge in [0, 0.05) is 44.2 Å². The summed E-state index contributed by atoms with van der Waals surface area (Å²) in [5.74, 6) is 0.179. The van der Waals surface area contributed by atoms with E-state index in [0.29, 0.717) is 41.8 Å². The molecule has 2 amide bonds. The molecule has 4 atom stereocenters. The minimum atomic E-state index is -1.81. The van der Waals surface area contributed by atoms with E-state index < -0.39 is 35.1 Å². The monoisotopic (exact) mass is 645 g/mol. The zero-order chi connectivity index (χ0) is 32.0. The number of ether oxygens (including phenoxy) is 3. The first-order valence-corrected chi connectivity index (χ1v) is 16.6. The lowest BCUT2D eigenvalue weighted by molar-refractivity contribution is -0.139. The summed E-state index contributed by atoms with van der Waals surface area (Å²) in [6.45, 7) is 9.31. The van der Waals surface area contributed by atoms with Crippen LogP contribution in [0.25, 0.3) is 0 Å². The van der Waals surface area contributed by atoms with Gasteiger partial charge in [0.2, 0.25) is 0 Å². The van der Waals surface area contributed by atoms with Gasteiger partial charge in [-0.15, -0.1) is 0 Å². The summed E-state index contributed by atoms with van der Waals surface area (Å²) in [6, 6.07) is 11.4. The van der Waals surface area contributed by atoms with Crippen molar-refractivity contribution in [2.45, 2.75) is 69.5 Å². The van der Waals surface area contributed by atoms with Gasteiger partial charge in [0.15, 0.2) is 4.90 Å². The summed E-state index contributed by atoms with van der Waals surface area (Å²) in [5, 5.41) is 0.711. The van der Waals surface area contributed by atoms with Crippen LogP contribution in [0.4, 0.5) is 10.5 Å². The van der Waals surface area contributed by atoms with Crippen molar-refractivity contribution in [3.63, 3.8) is 0 Å². The van der Waals surface area contributed by atoms with Crippen molar-refractivity contribution in [2.75, 3.05) is 45.3 Å². The van der Waals surface area contributed by atoms with E-state index >= 15 is 0 Å². The predicted molar refractivity (Wildman–Crippen MR) is 174 cm³/mol. The minimum absolute atomic E-state index is 0.0473. The smallest absolute Gasteiger partial charge is 0.409 e. The maximum Gasteiger partial charge on any atom is 0.409 e. The molecular weight excluding hydrogens is 602 g/mol. The van der Waals surface area contributed by atoms with Crippen molar-refractivity contribution in [3.8, 4) is 5.75 Å². The molecule has 4 unspecified atom stereocenters. The molecule has 1 N–H and O–H groups in total. The molecule has 2 aliphatic rings. The molecule has 0 aromatic heterocycles. The lowest BCUT2D eigenvalue weighted by atomic mass is 9.91. The Labute approximate surface area is 269 Å². The van der Waals surface area contributed by atoms with Gasteiger partial charge in [-0.1, -0.05) is 44.0 Å². The highest BCUT2D eigenvalue weighted by molar-refractivity contribution is 7.90. The van der Waals surface area contributed by atoms with Crippen LogP contribution >= 0.6 is 11.6 Å². The molecule has 11 heteroatoms. The Morgan fingerprint density at radius 1 is 1.25 bits per heavy atom. The molecule has 2 aromatic rings. The molecule has 0 saturated heterocycles. The molecule has 2 heterocycles. The first-order chi connectivity index (χ1) is 20.9. The lowest BCUT2D eigenvalue weighted by Gasteiger charge is -2.30. The highest BCUT2D eigenvalue weighted by atomic mass is 35.5. The Morgan fingerprint density at radius 2 is 2.02 bits per heavy atom. The second-order valence-electron chi connectivity index (χ2n) is 12.1. The number of carbonyl (C=O) groups is 2. The predicted octanol–water partition coefficient (Wildman–Crippen LogP) is 5.87. The number of amides is 2. The van der Waals surface area contributed by atoms with Crippen LogP contribution in [0.5, 0.6) is 5.75 Å². The van der Waals surface area contributed by atoms with Gasteiger partial charge < -0.3 is 28.6 Å². The molecule has 0 radical (unpaired) electrons. The van der Waals surface area contributed by atoms with Gasteiger partial charge in [0.25, 0.3) is 5.91 Å². The molecule has 0 fully saturated rings. The van der Waals surface area contributed by atoms with Crippen LogP contribution in [0.2, 0.25) is 5.02 Å². The van der Waals surface area contributed by atoms with Crippen LogP contribution in [-0.2, 0) is 32.1 Å². The number of halogens is 1. The quantitative estimate of drug-likeness (QED) is 0.328. The molecule has 0 spiro atoms. The largest absolute Gasteiger partial charge is 0.588 e. The van der Waals surface area contributed by atoms with Crippen LogP contribution in [0.15, 0.2) is 53.4 Å². The fourth-order valence-electron chi connectivity index (χ4n) is 5.32. The van der Waals surface area contributed by atoms with Crippen molar-refractivity contribution in [2.24, 2.45) is 5.92 Å². The summed E-state index contributed by atoms with van der Waals surface area (Å²) in [5.41, 5.74) is 1.95. The zero-order valence-electron chi connectivity index (χ0n) is 26.4. The molecule has 0 saturated carbocycles. The third-order valence-corrected chi connectivity index (χ3v) is 9.33. The third-order valence-electron chi connectivity index (χ3n) is 8.05. The summed E-state index contributed by atoms with van der Waals surface area (Å²) >= 11 is 4.57. The molecule has 0 aliphatic carbocycles. The number of aryl methyl sites for hydroxylation is 1. The molecular formula is C33H44ClN3O6S. The number of rotatable bonds is 4. The van der Waals surface area contributed by atoms with Crippen molar-refractivity contribution in [3.05, 3.63) is 64.7 Å². The van der Waals surface area contributed by atoms with E-state index in [1.54, 1.807) is 40.1 Å². The number of hydrogen-bond acceptors (Lipinski definition) is 7. The van der Waals surface area contributed by atoms with Crippen molar-refractivity contribution < 1.29 is 28.4 Å². The molecule has 44 heavy (non-hydrogen) atoms. The number of carbonyl (C=O) groups excluding carboxylic acids is 2. The van der Waals surface area contributed by atoms with Gasteiger partial charge in [-0.3, -0.25) is 4.79 Å². The molecule has 2 bridgehead atoms. The number of fused-ring (bicyclic) bond motifs is 1. The normalized spacial score (nSPS) is 24.8. The second kappa shape index (κ2) is 14.9. The SMILES string of the molecule is CCCc1cc(Cl)ccc1C1COc2ccc3cc2N(CCC(C)C(OC(=O)N(C)C)/C=C/COC(C)(C)C(=O)N[S+]3[O-])C1. The van der Waals surface area contributed by atoms with E-state index in [0.717, 1.165) is 18.5 Å². The van der Waals surface area contributed by atoms with E-state index in [2.05, 4.69) is 29.5 Å². The van der Waals surface area contributed by atoms with Gasteiger partial charge >= 0.3 is 6.09 Å². The Kier molecular flexibility index (Phi) is 11.5. The number of nitrogens with zero attached hydrogens (tertiary/aromatic N) is 2. The van der Waals surface area contributed by atoms with Crippen LogP contribution in [0.1, 0.15) is 57.6 Å². The summed E-state index contributed by atoms with van der Waals surface area (Å²) in [7, 11) is 3.30. The van der Waals surface area contributed by atoms with Crippen molar-refractivity contribution in [1.29, 1.82) is 0 Å². The molecule has 9 nitrogen and oxygen atoms in total. The highest BCUT2D eigenvalue weighted by Crippen LogP contribution is 2.38. The summed E-state index contributed by atoms with van der Waals surface area (Å²) in [6.07, 6.45) is 5.22. The van der Waals surface area contributed by atoms with Crippen LogP contribution < -0.4 is 14.4 Å². The maximum absolute atomic E-state index is 13.4. The summed E-state index contributed by atoms with van der Waals surface area (Å²) < 4.78 is 34.0. The molecule has 2 aliphatic heterocycles. The Bertz CT molecular complexity index is 1350. The average Bonchev–Trinajstić information content (AvgIpc) is 3.16. The van der Waals surface area contributed by atoms with Gasteiger partial charge in [0.05, 0.1) is 18.9 Å². The highest BCUT2D eigenvalue weighted by Gasteiger charge is 2.34. The molecule has 4 rings (SSSR count). The fraction of sp³-hybridized carbons (Fsp3) is 0.515. The van der Waals surface area contributed by atoms with E-state index in [1.807, 2.05) is 30.3 Å². The Morgan fingerprint density at radius 3 is 2.75 bits per heavy atom. The second-order valence-corrected chi connectivity index (χ2v) is 13.8. The van der Waals surface area contributed by atoms with Crippen molar-refractivity contribution in [1.82, 2.24) is 9.62 Å². The Hall–Kier alpha value is -2.92. The van der Waals surface area contributed by atoms with Gasteiger partial charge in [-0.05, 0) is 74.1 Å². The van der Waals surface area contributed by atoms with Crippen LogP contribution in [0, 0.1) is 5.92 Å². The van der Waals surface area contributed by atoms with Gasteiger partial charge in [-0.2, -0.15) is 4.72 Å². The minimum Gasteiger partial charge on any atom is -0.588 e. The van der Waals surface area contributed by atoms with Gasteiger partial charge in [-0.25, -0.2) is 4.79 Å².